The quantitative estimate of drug-likeness (QED) is 0.865. The molecule has 0 bridgehead atoms. The zero-order valence-corrected chi connectivity index (χ0v) is 10.8. The molecule has 3 heteroatoms. The van der Waals surface area contributed by atoms with Crippen molar-refractivity contribution in [3.63, 3.8) is 0 Å². The molecule has 18 heavy (non-hydrogen) atoms. The molecule has 3 rings (SSSR count). The minimum atomic E-state index is -0.148. The number of rotatable bonds is 2. The summed E-state index contributed by atoms with van der Waals surface area (Å²) in [4.78, 5) is 2.49. The molecule has 2 nitrogen and oxygen atoms in total. The number of benzene rings is 1. The topological polar surface area (TPSA) is 15.3 Å². The van der Waals surface area contributed by atoms with Gasteiger partial charge in [0.15, 0.2) is 0 Å². The highest BCUT2D eigenvalue weighted by Crippen LogP contribution is 2.30. The highest BCUT2D eigenvalue weighted by atomic mass is 19.1. The summed E-state index contributed by atoms with van der Waals surface area (Å²) in [6, 6.07) is 6.91. The van der Waals surface area contributed by atoms with E-state index in [0.29, 0.717) is 5.54 Å². The van der Waals surface area contributed by atoms with Crippen molar-refractivity contribution >= 4 is 0 Å². The predicted molar refractivity (Wildman–Crippen MR) is 70.9 cm³/mol. The third-order valence-electron chi connectivity index (χ3n) is 4.33. The van der Waals surface area contributed by atoms with Crippen LogP contribution in [0, 0.1) is 5.82 Å². The number of nitrogens with zero attached hydrogens (tertiary/aromatic N) is 1. The maximum atomic E-state index is 12.9. The van der Waals surface area contributed by atoms with Gasteiger partial charge in [0, 0.05) is 25.2 Å². The second-order valence-corrected chi connectivity index (χ2v) is 5.75. The average molecular weight is 248 g/mol. The highest BCUT2D eigenvalue weighted by Gasteiger charge is 2.38. The summed E-state index contributed by atoms with van der Waals surface area (Å²) in [7, 11) is 0. The van der Waals surface area contributed by atoms with E-state index in [1.165, 1.54) is 37.8 Å². The molecule has 2 aliphatic rings. The van der Waals surface area contributed by atoms with E-state index >= 15 is 0 Å². The number of hydrogen-bond donors (Lipinski definition) is 1. The minimum absolute atomic E-state index is 0.148. The van der Waals surface area contributed by atoms with Crippen LogP contribution >= 0.6 is 0 Å². The molecule has 0 aliphatic carbocycles. The van der Waals surface area contributed by atoms with Gasteiger partial charge in [0.2, 0.25) is 0 Å². The molecule has 2 aliphatic heterocycles. The van der Waals surface area contributed by atoms with Gasteiger partial charge < -0.3 is 5.32 Å². The van der Waals surface area contributed by atoms with Gasteiger partial charge in [-0.3, -0.25) is 4.90 Å². The Hall–Kier alpha value is -0.930. The van der Waals surface area contributed by atoms with Gasteiger partial charge in [-0.05, 0) is 43.5 Å². The molecule has 0 amide bonds. The maximum Gasteiger partial charge on any atom is 0.123 e. The summed E-state index contributed by atoms with van der Waals surface area (Å²) in [5.41, 5.74) is 1.59. The average Bonchev–Trinajstić information content (AvgIpc) is 2.76. The standard InChI is InChI=1S/C15H21FN2/c16-14-5-3-13(4-6-14)11-18-10-8-15(12-18)7-1-2-9-17-15/h3-6,17H,1-2,7-12H2. The largest absolute Gasteiger partial charge is 0.310 e. The van der Waals surface area contributed by atoms with Crippen molar-refractivity contribution in [3.05, 3.63) is 35.6 Å². The number of piperidine rings is 1. The zero-order valence-electron chi connectivity index (χ0n) is 10.8. The molecule has 2 heterocycles. The molecule has 98 valence electrons. The van der Waals surface area contributed by atoms with Gasteiger partial charge in [-0.1, -0.05) is 18.6 Å². The Morgan fingerprint density at radius 1 is 1.17 bits per heavy atom. The second-order valence-electron chi connectivity index (χ2n) is 5.75. The van der Waals surface area contributed by atoms with Crippen molar-refractivity contribution in [1.82, 2.24) is 10.2 Å². The predicted octanol–water partition coefficient (Wildman–Crippen LogP) is 2.54. The first-order valence-electron chi connectivity index (χ1n) is 6.98. The Bertz CT molecular complexity index is 395. The molecule has 1 atom stereocenters. The fourth-order valence-electron chi connectivity index (χ4n) is 3.32. The van der Waals surface area contributed by atoms with Gasteiger partial charge in [-0.15, -0.1) is 0 Å². The number of nitrogens with one attached hydrogen (secondary N) is 1. The van der Waals surface area contributed by atoms with Gasteiger partial charge in [0.05, 0.1) is 0 Å². The summed E-state index contributed by atoms with van der Waals surface area (Å²) < 4.78 is 12.9. The van der Waals surface area contributed by atoms with Crippen LogP contribution in [0.15, 0.2) is 24.3 Å². The molecular weight excluding hydrogens is 227 g/mol. The van der Waals surface area contributed by atoms with Crippen molar-refractivity contribution in [1.29, 1.82) is 0 Å². The van der Waals surface area contributed by atoms with Crippen molar-refractivity contribution < 1.29 is 4.39 Å². The van der Waals surface area contributed by atoms with Gasteiger partial charge in [0.25, 0.3) is 0 Å². The Morgan fingerprint density at radius 2 is 2.00 bits per heavy atom. The lowest BCUT2D eigenvalue weighted by molar-refractivity contribution is 0.234. The van der Waals surface area contributed by atoms with E-state index in [1.54, 1.807) is 12.1 Å². The van der Waals surface area contributed by atoms with Crippen LogP contribution in [0.3, 0.4) is 0 Å². The lowest BCUT2D eigenvalue weighted by Gasteiger charge is -2.35. The van der Waals surface area contributed by atoms with E-state index in [2.05, 4.69) is 10.2 Å². The molecule has 0 aromatic heterocycles. The smallest absolute Gasteiger partial charge is 0.123 e. The van der Waals surface area contributed by atoms with Gasteiger partial charge >= 0.3 is 0 Å². The van der Waals surface area contributed by atoms with Crippen LogP contribution in [0.1, 0.15) is 31.2 Å². The van der Waals surface area contributed by atoms with E-state index < -0.39 is 0 Å². The normalized spacial score (nSPS) is 28.9. The maximum absolute atomic E-state index is 12.9. The fraction of sp³-hybridized carbons (Fsp3) is 0.600. The molecule has 1 unspecified atom stereocenters. The second kappa shape index (κ2) is 4.98. The van der Waals surface area contributed by atoms with E-state index in [4.69, 9.17) is 0 Å². The summed E-state index contributed by atoms with van der Waals surface area (Å²) in [5, 5.41) is 3.72. The Kier molecular flexibility index (Phi) is 3.35. The number of halogens is 1. The monoisotopic (exact) mass is 248 g/mol. The van der Waals surface area contributed by atoms with Crippen LogP contribution < -0.4 is 5.32 Å². The summed E-state index contributed by atoms with van der Waals surface area (Å²) >= 11 is 0. The summed E-state index contributed by atoms with van der Waals surface area (Å²) in [5.74, 6) is -0.148. The molecule has 2 fully saturated rings. The van der Waals surface area contributed by atoms with E-state index in [-0.39, 0.29) is 5.82 Å². The Labute approximate surface area is 108 Å². The van der Waals surface area contributed by atoms with Gasteiger partial charge in [0.1, 0.15) is 5.82 Å². The number of likely N-dealkylation sites (tertiary alicyclic amines) is 1. The molecule has 0 saturated carbocycles. The van der Waals surface area contributed by atoms with E-state index in [1.807, 2.05) is 12.1 Å². The van der Waals surface area contributed by atoms with Gasteiger partial charge in [-0.2, -0.15) is 0 Å². The lowest BCUT2D eigenvalue weighted by atomic mass is 9.88. The van der Waals surface area contributed by atoms with Gasteiger partial charge in [-0.25, -0.2) is 4.39 Å². The molecule has 1 N–H and O–H groups in total. The third-order valence-corrected chi connectivity index (χ3v) is 4.33. The minimum Gasteiger partial charge on any atom is -0.310 e. The van der Waals surface area contributed by atoms with Crippen molar-refractivity contribution in [3.8, 4) is 0 Å². The van der Waals surface area contributed by atoms with E-state index in [0.717, 1.165) is 19.6 Å². The lowest BCUT2D eigenvalue weighted by Crippen LogP contribution is -2.50. The molecule has 2 saturated heterocycles. The SMILES string of the molecule is Fc1ccc(CN2CCC3(CCCCN3)C2)cc1. The first-order chi connectivity index (χ1) is 8.76. The highest BCUT2D eigenvalue weighted by molar-refractivity contribution is 5.16. The molecule has 0 radical (unpaired) electrons. The van der Waals surface area contributed by atoms with Crippen LogP contribution in [0.2, 0.25) is 0 Å². The fourth-order valence-corrected chi connectivity index (χ4v) is 3.32. The first kappa shape index (κ1) is 12.1. The van der Waals surface area contributed by atoms with Crippen LogP contribution in [0.5, 0.6) is 0 Å². The summed E-state index contributed by atoms with van der Waals surface area (Å²) in [6.07, 6.45) is 5.25. The molecular formula is C15H21FN2. The van der Waals surface area contributed by atoms with Crippen molar-refractivity contribution in [2.24, 2.45) is 0 Å². The van der Waals surface area contributed by atoms with E-state index in [9.17, 15) is 4.39 Å². The van der Waals surface area contributed by atoms with Crippen LogP contribution in [0.25, 0.3) is 0 Å². The van der Waals surface area contributed by atoms with Crippen molar-refractivity contribution in [2.45, 2.75) is 37.8 Å². The Morgan fingerprint density at radius 3 is 2.72 bits per heavy atom. The third kappa shape index (κ3) is 2.57. The van der Waals surface area contributed by atoms with Crippen LogP contribution in [-0.4, -0.2) is 30.1 Å². The Balaban J connectivity index is 1.60. The number of hydrogen-bond acceptors (Lipinski definition) is 2. The zero-order chi connectivity index (χ0) is 12.4. The first-order valence-corrected chi connectivity index (χ1v) is 6.98. The van der Waals surface area contributed by atoms with Crippen LogP contribution in [0.4, 0.5) is 4.39 Å². The molecule has 1 aromatic rings. The van der Waals surface area contributed by atoms with Crippen LogP contribution in [-0.2, 0) is 6.54 Å². The molecule has 1 spiro atoms. The van der Waals surface area contributed by atoms with Crippen molar-refractivity contribution in [2.75, 3.05) is 19.6 Å². The molecule has 1 aromatic carbocycles. The summed E-state index contributed by atoms with van der Waals surface area (Å²) in [6.45, 7) is 4.42.